The zero-order valence-electron chi connectivity index (χ0n) is 12.4. The fraction of sp³-hybridized carbons (Fsp3) is 0.500. The second-order valence-corrected chi connectivity index (χ2v) is 7.22. The summed E-state index contributed by atoms with van der Waals surface area (Å²) in [6.45, 7) is 2.76. The van der Waals surface area contributed by atoms with Crippen LogP contribution in [0.25, 0.3) is 0 Å². The summed E-state index contributed by atoms with van der Waals surface area (Å²) in [5, 5.41) is 0. The van der Waals surface area contributed by atoms with Crippen molar-refractivity contribution in [3.63, 3.8) is 0 Å². The smallest absolute Gasteiger partial charge is 0.242 e. The first-order valence-corrected chi connectivity index (χ1v) is 8.39. The lowest BCUT2D eigenvalue weighted by atomic mass is 10.0. The number of rotatable bonds is 4. The number of likely N-dealkylation sites (N-methyl/N-ethyl adjacent to an activating group) is 1. The van der Waals surface area contributed by atoms with Crippen LogP contribution in [-0.4, -0.2) is 45.3 Å². The van der Waals surface area contributed by atoms with Crippen molar-refractivity contribution in [2.24, 2.45) is 5.73 Å². The molecule has 7 heteroatoms. The topological polar surface area (TPSA) is 83.7 Å². The summed E-state index contributed by atoms with van der Waals surface area (Å²) >= 11 is 0. The van der Waals surface area contributed by atoms with Crippen LogP contribution in [-0.2, 0) is 21.2 Å². The van der Waals surface area contributed by atoms with Gasteiger partial charge in [0.15, 0.2) is 0 Å². The quantitative estimate of drug-likeness (QED) is 0.881. The maximum atomic E-state index is 12.4. The molecule has 6 nitrogen and oxygen atoms in total. The molecule has 21 heavy (non-hydrogen) atoms. The number of benzene rings is 1. The van der Waals surface area contributed by atoms with E-state index in [-0.39, 0.29) is 23.9 Å². The first-order valence-electron chi connectivity index (χ1n) is 6.95. The Labute approximate surface area is 125 Å². The molecule has 2 N–H and O–H groups in total. The minimum atomic E-state index is -3.52. The van der Waals surface area contributed by atoms with Crippen molar-refractivity contribution < 1.29 is 13.2 Å². The van der Waals surface area contributed by atoms with E-state index in [4.69, 9.17) is 5.73 Å². The maximum absolute atomic E-state index is 12.4. The summed E-state index contributed by atoms with van der Waals surface area (Å²) in [6, 6.07) is 4.95. The number of carbonyl (C=O) groups excluding carboxylic acids is 1. The van der Waals surface area contributed by atoms with Gasteiger partial charge in [-0.2, -0.15) is 4.31 Å². The molecule has 0 saturated heterocycles. The fourth-order valence-corrected chi connectivity index (χ4v) is 3.78. The van der Waals surface area contributed by atoms with Gasteiger partial charge in [0, 0.05) is 39.3 Å². The van der Waals surface area contributed by atoms with Gasteiger partial charge in [-0.3, -0.25) is 4.79 Å². The molecule has 116 valence electrons. The van der Waals surface area contributed by atoms with Crippen molar-refractivity contribution in [3.8, 4) is 0 Å². The first-order chi connectivity index (χ1) is 9.87. The number of hydrogen-bond donors (Lipinski definition) is 1. The number of nitrogens with two attached hydrogens (primary N) is 1. The van der Waals surface area contributed by atoms with Crippen LogP contribution in [0, 0.1) is 0 Å². The molecule has 0 radical (unpaired) electrons. The van der Waals surface area contributed by atoms with Gasteiger partial charge in [-0.15, -0.1) is 0 Å². The fourth-order valence-electron chi connectivity index (χ4n) is 2.54. The van der Waals surface area contributed by atoms with Crippen molar-refractivity contribution in [2.75, 3.05) is 31.6 Å². The van der Waals surface area contributed by atoms with Crippen molar-refractivity contribution >= 4 is 21.6 Å². The van der Waals surface area contributed by atoms with E-state index in [0.29, 0.717) is 6.54 Å². The lowest BCUT2D eigenvalue weighted by Crippen LogP contribution is -2.34. The number of amides is 1. The van der Waals surface area contributed by atoms with Gasteiger partial charge in [0.2, 0.25) is 15.9 Å². The lowest BCUT2D eigenvalue weighted by molar-refractivity contribution is -0.116. The minimum absolute atomic E-state index is 0.0215. The molecule has 1 amide bonds. The van der Waals surface area contributed by atoms with Crippen LogP contribution in [0.1, 0.15) is 18.9 Å². The third-order valence-electron chi connectivity index (χ3n) is 3.70. The van der Waals surface area contributed by atoms with E-state index in [1.807, 2.05) is 0 Å². The number of anilines is 1. The van der Waals surface area contributed by atoms with E-state index >= 15 is 0 Å². The second kappa shape index (κ2) is 6.13. The van der Waals surface area contributed by atoms with E-state index in [1.54, 1.807) is 23.1 Å². The molecule has 0 atom stereocenters. The number of nitrogens with zero attached hydrogens (tertiary/aromatic N) is 2. The van der Waals surface area contributed by atoms with E-state index < -0.39 is 10.0 Å². The third-order valence-corrected chi connectivity index (χ3v) is 5.55. The summed E-state index contributed by atoms with van der Waals surface area (Å²) in [7, 11) is -2.01. The highest BCUT2D eigenvalue weighted by atomic mass is 32.2. The van der Waals surface area contributed by atoms with Crippen molar-refractivity contribution in [1.29, 1.82) is 0 Å². The van der Waals surface area contributed by atoms with Gasteiger partial charge >= 0.3 is 0 Å². The number of hydrogen-bond acceptors (Lipinski definition) is 4. The second-order valence-electron chi connectivity index (χ2n) is 5.18. The van der Waals surface area contributed by atoms with Gasteiger partial charge in [-0.25, -0.2) is 8.42 Å². The van der Waals surface area contributed by atoms with E-state index in [0.717, 1.165) is 24.1 Å². The Bertz CT molecular complexity index is 643. The molecule has 1 aromatic carbocycles. The average molecular weight is 311 g/mol. The normalized spacial score (nSPS) is 15.1. The predicted molar refractivity (Wildman–Crippen MR) is 81.7 cm³/mol. The molecular weight excluding hydrogens is 290 g/mol. The molecule has 0 unspecified atom stereocenters. The molecular formula is C14H21N3O3S. The molecule has 1 heterocycles. The number of sulfonamides is 1. The molecule has 1 aliphatic rings. The van der Waals surface area contributed by atoms with Gasteiger partial charge in [-0.05, 0) is 36.6 Å². The van der Waals surface area contributed by atoms with E-state index in [1.165, 1.54) is 18.3 Å². The molecule has 0 aliphatic carbocycles. The van der Waals surface area contributed by atoms with Crippen molar-refractivity contribution in [3.05, 3.63) is 23.8 Å². The minimum Gasteiger partial charge on any atom is -0.329 e. The predicted octanol–water partition coefficient (Wildman–Crippen LogP) is 0.565. The largest absolute Gasteiger partial charge is 0.329 e. The Morgan fingerprint density at radius 1 is 1.43 bits per heavy atom. The van der Waals surface area contributed by atoms with Gasteiger partial charge < -0.3 is 10.6 Å². The van der Waals surface area contributed by atoms with Crippen molar-refractivity contribution in [1.82, 2.24) is 4.31 Å². The highest BCUT2D eigenvalue weighted by Crippen LogP contribution is 2.30. The molecule has 0 bridgehead atoms. The Morgan fingerprint density at radius 3 is 2.76 bits per heavy atom. The van der Waals surface area contributed by atoms with Crippen LogP contribution in [0.3, 0.4) is 0 Å². The van der Waals surface area contributed by atoms with Crippen LogP contribution >= 0.6 is 0 Å². The number of aryl methyl sites for hydroxylation is 1. The molecule has 2 rings (SSSR count). The van der Waals surface area contributed by atoms with E-state index in [2.05, 4.69) is 0 Å². The van der Waals surface area contributed by atoms with Crippen LogP contribution < -0.4 is 10.6 Å². The summed E-state index contributed by atoms with van der Waals surface area (Å²) in [5.41, 5.74) is 7.13. The molecule has 1 aliphatic heterocycles. The summed E-state index contributed by atoms with van der Waals surface area (Å²) in [6.07, 6.45) is 1.62. The van der Waals surface area contributed by atoms with E-state index in [9.17, 15) is 13.2 Å². The summed E-state index contributed by atoms with van der Waals surface area (Å²) < 4.78 is 26.1. The highest BCUT2D eigenvalue weighted by molar-refractivity contribution is 7.89. The zero-order chi connectivity index (χ0) is 15.6. The van der Waals surface area contributed by atoms with Gasteiger partial charge in [0.05, 0.1) is 4.90 Å². The van der Waals surface area contributed by atoms with Crippen LogP contribution in [0.5, 0.6) is 0 Å². The average Bonchev–Trinajstić information content (AvgIpc) is 2.46. The lowest BCUT2D eigenvalue weighted by Gasteiger charge is -2.29. The Balaban J connectivity index is 2.40. The van der Waals surface area contributed by atoms with Gasteiger partial charge in [0.1, 0.15) is 0 Å². The zero-order valence-corrected chi connectivity index (χ0v) is 13.2. The molecule has 1 aromatic rings. The van der Waals surface area contributed by atoms with Crippen LogP contribution in [0.2, 0.25) is 0 Å². The monoisotopic (exact) mass is 311 g/mol. The number of carbonyl (C=O) groups is 1. The Morgan fingerprint density at radius 2 is 2.14 bits per heavy atom. The molecule has 0 aromatic heterocycles. The Hall–Kier alpha value is -1.44. The molecule has 0 fully saturated rings. The standard InChI is InChI=1S/C14H21N3O3S/c1-11(18)17-8-3-4-12-10-13(5-6-14(12)17)21(19,20)16(2)9-7-15/h5-6,10H,3-4,7-9,15H2,1-2H3. The Kier molecular flexibility index (Phi) is 4.65. The third kappa shape index (κ3) is 3.09. The SMILES string of the molecule is CC(=O)N1CCCc2cc(S(=O)(=O)N(C)CCN)ccc21. The van der Waals surface area contributed by atoms with Gasteiger partial charge in [-0.1, -0.05) is 0 Å². The van der Waals surface area contributed by atoms with Crippen LogP contribution in [0.4, 0.5) is 5.69 Å². The van der Waals surface area contributed by atoms with Crippen LogP contribution in [0.15, 0.2) is 23.1 Å². The van der Waals surface area contributed by atoms with Crippen molar-refractivity contribution in [2.45, 2.75) is 24.7 Å². The summed E-state index contributed by atoms with van der Waals surface area (Å²) in [4.78, 5) is 13.6. The highest BCUT2D eigenvalue weighted by Gasteiger charge is 2.25. The van der Waals surface area contributed by atoms with Gasteiger partial charge in [0.25, 0.3) is 0 Å². The maximum Gasteiger partial charge on any atom is 0.242 e. The molecule has 0 spiro atoms. The number of fused-ring (bicyclic) bond motifs is 1. The molecule has 0 saturated carbocycles. The first kappa shape index (κ1) is 15.9. The summed E-state index contributed by atoms with van der Waals surface area (Å²) in [5.74, 6) is -0.0215.